The van der Waals surface area contributed by atoms with Crippen molar-refractivity contribution in [3.63, 3.8) is 0 Å². The first-order chi connectivity index (χ1) is 13.9. The van der Waals surface area contributed by atoms with Crippen LogP contribution in [-0.2, 0) is 6.54 Å². The number of carbonyl (C=O) groups excluding carboxylic acids is 1. The van der Waals surface area contributed by atoms with Crippen molar-refractivity contribution in [2.75, 3.05) is 5.32 Å². The second kappa shape index (κ2) is 7.38. The van der Waals surface area contributed by atoms with Gasteiger partial charge in [0.25, 0.3) is 0 Å². The van der Waals surface area contributed by atoms with E-state index in [4.69, 9.17) is 10.7 Å². The second-order valence-corrected chi connectivity index (χ2v) is 7.24. The van der Waals surface area contributed by atoms with E-state index in [1.807, 2.05) is 42.2 Å². The molecule has 8 heteroatoms. The zero-order valence-corrected chi connectivity index (χ0v) is 16.6. The molecule has 0 radical (unpaired) electrons. The summed E-state index contributed by atoms with van der Waals surface area (Å²) in [6.07, 6.45) is 7.52. The fourth-order valence-corrected chi connectivity index (χ4v) is 3.25. The molecular weight excluding hydrogens is 366 g/mol. The standard InChI is InChI=1S/C21H23N7O/c1-13(2)17-11-25-21-20(24-10-15-4-6-16(7-5-15)19(22)29)26-18(12-28(17)21)27-9-8-23-14(27)3/h4-9,11-13H,10H2,1-3H3,(H2,22,29)(H,24,26). The maximum absolute atomic E-state index is 11.3. The number of amides is 1. The summed E-state index contributed by atoms with van der Waals surface area (Å²) in [5, 5.41) is 3.38. The Bertz CT molecular complexity index is 1170. The quantitative estimate of drug-likeness (QED) is 0.527. The zero-order valence-electron chi connectivity index (χ0n) is 16.6. The number of carbonyl (C=O) groups is 1. The smallest absolute Gasteiger partial charge is 0.248 e. The number of nitrogens with one attached hydrogen (secondary N) is 1. The van der Waals surface area contributed by atoms with Gasteiger partial charge in [0.1, 0.15) is 5.82 Å². The normalized spacial score (nSPS) is 11.3. The number of hydrogen-bond donors (Lipinski definition) is 2. The Kier molecular flexibility index (Phi) is 4.75. The molecule has 8 nitrogen and oxygen atoms in total. The van der Waals surface area contributed by atoms with Crippen LogP contribution >= 0.6 is 0 Å². The van der Waals surface area contributed by atoms with E-state index >= 15 is 0 Å². The third kappa shape index (κ3) is 3.56. The summed E-state index contributed by atoms with van der Waals surface area (Å²) in [5.41, 5.74) is 8.68. The Balaban J connectivity index is 1.72. The molecule has 148 valence electrons. The van der Waals surface area contributed by atoms with Gasteiger partial charge in [-0.25, -0.2) is 15.0 Å². The first kappa shape index (κ1) is 18.7. The number of primary amides is 1. The Hall–Kier alpha value is -3.68. The highest BCUT2D eigenvalue weighted by molar-refractivity contribution is 5.92. The first-order valence-electron chi connectivity index (χ1n) is 9.45. The molecule has 4 rings (SSSR count). The Morgan fingerprint density at radius 2 is 1.97 bits per heavy atom. The summed E-state index contributed by atoms with van der Waals surface area (Å²) >= 11 is 0. The second-order valence-electron chi connectivity index (χ2n) is 7.24. The van der Waals surface area contributed by atoms with Gasteiger partial charge in [-0.1, -0.05) is 26.0 Å². The molecular formula is C21H23N7O. The lowest BCUT2D eigenvalue weighted by Crippen LogP contribution is -2.11. The number of nitrogens with zero attached hydrogens (tertiary/aromatic N) is 5. The van der Waals surface area contributed by atoms with Gasteiger partial charge in [0.2, 0.25) is 5.91 Å². The van der Waals surface area contributed by atoms with Crippen LogP contribution in [0.3, 0.4) is 0 Å². The maximum Gasteiger partial charge on any atom is 0.248 e. The number of imidazole rings is 2. The molecule has 1 aromatic carbocycles. The first-order valence-corrected chi connectivity index (χ1v) is 9.45. The van der Waals surface area contributed by atoms with E-state index in [2.05, 4.69) is 33.5 Å². The van der Waals surface area contributed by atoms with Crippen LogP contribution in [-0.4, -0.2) is 29.8 Å². The molecule has 0 unspecified atom stereocenters. The van der Waals surface area contributed by atoms with Crippen LogP contribution < -0.4 is 11.1 Å². The molecule has 3 aromatic heterocycles. The van der Waals surface area contributed by atoms with E-state index in [0.717, 1.165) is 28.5 Å². The van der Waals surface area contributed by atoms with E-state index in [-0.39, 0.29) is 0 Å². The van der Waals surface area contributed by atoms with E-state index in [9.17, 15) is 4.79 Å². The fourth-order valence-electron chi connectivity index (χ4n) is 3.25. The van der Waals surface area contributed by atoms with Crippen LogP contribution in [0.15, 0.2) is 49.1 Å². The van der Waals surface area contributed by atoms with Crippen molar-refractivity contribution in [3.05, 3.63) is 71.7 Å². The highest BCUT2D eigenvalue weighted by Crippen LogP contribution is 2.23. The number of hydrogen-bond acceptors (Lipinski definition) is 5. The predicted octanol–water partition coefficient (Wildman–Crippen LogP) is 3.06. The minimum Gasteiger partial charge on any atom is -0.366 e. The summed E-state index contributed by atoms with van der Waals surface area (Å²) in [7, 11) is 0. The highest BCUT2D eigenvalue weighted by atomic mass is 16.1. The summed E-state index contributed by atoms with van der Waals surface area (Å²) in [6, 6.07) is 7.19. The third-order valence-electron chi connectivity index (χ3n) is 4.87. The molecule has 29 heavy (non-hydrogen) atoms. The van der Waals surface area contributed by atoms with E-state index < -0.39 is 5.91 Å². The summed E-state index contributed by atoms with van der Waals surface area (Å²) in [4.78, 5) is 24.9. The van der Waals surface area contributed by atoms with Crippen molar-refractivity contribution in [2.45, 2.75) is 33.2 Å². The van der Waals surface area contributed by atoms with Gasteiger partial charge < -0.3 is 11.1 Å². The largest absolute Gasteiger partial charge is 0.366 e. The molecule has 1 amide bonds. The van der Waals surface area contributed by atoms with Gasteiger partial charge in [-0.15, -0.1) is 0 Å². The van der Waals surface area contributed by atoms with Crippen LogP contribution in [0.2, 0.25) is 0 Å². The molecule has 3 N–H and O–H groups in total. The van der Waals surface area contributed by atoms with Crippen LogP contribution in [0.25, 0.3) is 11.5 Å². The third-order valence-corrected chi connectivity index (χ3v) is 4.87. The summed E-state index contributed by atoms with van der Waals surface area (Å²) in [5.74, 6) is 2.18. The van der Waals surface area contributed by atoms with Crippen LogP contribution in [0.4, 0.5) is 5.82 Å². The monoisotopic (exact) mass is 389 g/mol. The number of aryl methyl sites for hydroxylation is 1. The molecule has 3 heterocycles. The minimum absolute atomic E-state index is 0.318. The maximum atomic E-state index is 11.3. The van der Waals surface area contributed by atoms with Crippen LogP contribution in [0, 0.1) is 6.92 Å². The molecule has 0 spiro atoms. The zero-order chi connectivity index (χ0) is 20.5. The number of anilines is 1. The van der Waals surface area contributed by atoms with Gasteiger partial charge in [0, 0.05) is 36.4 Å². The molecule has 0 atom stereocenters. The lowest BCUT2D eigenvalue weighted by Gasteiger charge is -2.13. The molecule has 4 aromatic rings. The van der Waals surface area contributed by atoms with Gasteiger partial charge in [0.15, 0.2) is 17.3 Å². The summed E-state index contributed by atoms with van der Waals surface area (Å²) in [6.45, 7) is 6.76. The van der Waals surface area contributed by atoms with Crippen molar-refractivity contribution in [3.8, 4) is 5.82 Å². The van der Waals surface area contributed by atoms with Gasteiger partial charge in [-0.2, -0.15) is 0 Å². The van der Waals surface area contributed by atoms with Crippen LogP contribution in [0.5, 0.6) is 0 Å². The summed E-state index contributed by atoms with van der Waals surface area (Å²) < 4.78 is 4.02. The van der Waals surface area contributed by atoms with Crippen molar-refractivity contribution >= 4 is 17.4 Å². The van der Waals surface area contributed by atoms with Crippen molar-refractivity contribution in [2.24, 2.45) is 5.73 Å². The van der Waals surface area contributed by atoms with E-state index in [0.29, 0.717) is 23.8 Å². The van der Waals surface area contributed by atoms with Crippen molar-refractivity contribution in [1.82, 2.24) is 23.9 Å². The molecule has 0 saturated heterocycles. The number of fused-ring (bicyclic) bond motifs is 1. The van der Waals surface area contributed by atoms with Gasteiger partial charge in [-0.05, 0) is 30.5 Å². The van der Waals surface area contributed by atoms with Gasteiger partial charge >= 0.3 is 0 Å². The molecule has 0 aliphatic heterocycles. The van der Waals surface area contributed by atoms with E-state index in [1.165, 1.54) is 0 Å². The van der Waals surface area contributed by atoms with Crippen molar-refractivity contribution < 1.29 is 4.79 Å². The fraction of sp³-hybridized carbons (Fsp3) is 0.238. The minimum atomic E-state index is -0.435. The average Bonchev–Trinajstić information content (AvgIpc) is 3.32. The van der Waals surface area contributed by atoms with Gasteiger partial charge in [-0.3, -0.25) is 13.8 Å². The predicted molar refractivity (Wildman–Crippen MR) is 111 cm³/mol. The van der Waals surface area contributed by atoms with Crippen LogP contribution in [0.1, 0.15) is 47.2 Å². The molecule has 0 saturated carbocycles. The number of nitrogens with two attached hydrogens (primary N) is 1. The molecule has 0 fully saturated rings. The lowest BCUT2D eigenvalue weighted by molar-refractivity contribution is 0.100. The number of aromatic nitrogens is 5. The molecule has 0 aliphatic rings. The number of benzene rings is 1. The Labute approximate surface area is 168 Å². The highest BCUT2D eigenvalue weighted by Gasteiger charge is 2.15. The molecule has 0 aliphatic carbocycles. The average molecular weight is 389 g/mol. The van der Waals surface area contributed by atoms with E-state index in [1.54, 1.807) is 18.3 Å². The lowest BCUT2D eigenvalue weighted by atomic mass is 10.1. The van der Waals surface area contributed by atoms with Gasteiger partial charge in [0.05, 0.1) is 6.20 Å². The Morgan fingerprint density at radius 3 is 2.59 bits per heavy atom. The Morgan fingerprint density at radius 1 is 1.21 bits per heavy atom. The SMILES string of the molecule is Cc1nccn1-c1cn2c(C(C)C)cnc2c(NCc2ccc(C(N)=O)cc2)n1. The van der Waals surface area contributed by atoms with Crippen molar-refractivity contribution in [1.29, 1.82) is 0 Å². The molecule has 0 bridgehead atoms. The topological polar surface area (TPSA) is 103 Å². The number of rotatable bonds is 6.